The van der Waals surface area contributed by atoms with Gasteiger partial charge < -0.3 is 11.1 Å². The van der Waals surface area contributed by atoms with Gasteiger partial charge >= 0.3 is 6.18 Å². The van der Waals surface area contributed by atoms with Gasteiger partial charge in [-0.1, -0.05) is 18.2 Å². The van der Waals surface area contributed by atoms with Crippen LogP contribution in [0, 0.1) is 0 Å². The van der Waals surface area contributed by atoms with E-state index in [4.69, 9.17) is 5.73 Å². The third-order valence-electron chi connectivity index (χ3n) is 6.85. The number of hydrogen-bond acceptors (Lipinski definition) is 6. The average Bonchev–Trinajstić information content (AvgIpc) is 2.81. The second-order valence-corrected chi connectivity index (χ2v) is 9.51. The van der Waals surface area contributed by atoms with E-state index in [1.807, 2.05) is 12.1 Å². The summed E-state index contributed by atoms with van der Waals surface area (Å²) in [6.07, 6.45) is 0.115. The lowest BCUT2D eigenvalue weighted by molar-refractivity contribution is -0.155. The summed E-state index contributed by atoms with van der Waals surface area (Å²) in [5, 5.41) is 3.38. The second kappa shape index (κ2) is 11.0. The third-order valence-corrected chi connectivity index (χ3v) is 6.85. The van der Waals surface area contributed by atoms with Crippen molar-refractivity contribution in [3.63, 3.8) is 0 Å². The molecule has 2 atom stereocenters. The quantitative estimate of drug-likeness (QED) is 0.306. The van der Waals surface area contributed by atoms with Crippen molar-refractivity contribution < 1.29 is 22.4 Å². The van der Waals surface area contributed by atoms with E-state index in [9.17, 15) is 22.4 Å². The van der Waals surface area contributed by atoms with Crippen LogP contribution in [-0.2, 0) is 11.2 Å². The number of allylic oxidation sites excluding steroid dienone is 1. The highest BCUT2D eigenvalue weighted by molar-refractivity contribution is 6.06. The third kappa shape index (κ3) is 5.87. The molecule has 10 heteroatoms. The lowest BCUT2D eigenvalue weighted by atomic mass is 9.85. The molecule has 2 aromatic rings. The number of aldehydes is 1. The van der Waals surface area contributed by atoms with E-state index in [-0.39, 0.29) is 12.7 Å². The van der Waals surface area contributed by atoms with Crippen LogP contribution < -0.4 is 11.1 Å². The monoisotopic (exact) mass is 505 g/mol. The van der Waals surface area contributed by atoms with Gasteiger partial charge in [-0.2, -0.15) is 13.2 Å². The Kier molecular flexibility index (Phi) is 7.94. The van der Waals surface area contributed by atoms with Crippen LogP contribution in [0.1, 0.15) is 41.8 Å². The number of carbonyl (C=O) groups is 1. The summed E-state index contributed by atoms with van der Waals surface area (Å²) in [6, 6.07) is 8.07. The Hall–Kier alpha value is -2.98. The Labute approximate surface area is 208 Å². The Balaban J connectivity index is 1.59. The van der Waals surface area contributed by atoms with Gasteiger partial charge in [0.05, 0.1) is 42.9 Å². The zero-order valence-corrected chi connectivity index (χ0v) is 20.1. The first-order valence-electron chi connectivity index (χ1n) is 12.1. The van der Waals surface area contributed by atoms with Crippen molar-refractivity contribution in [2.45, 2.75) is 44.1 Å². The van der Waals surface area contributed by atoms with Crippen molar-refractivity contribution in [2.75, 3.05) is 38.2 Å². The number of nitrogens with zero attached hydrogens (tertiary/aromatic N) is 3. The van der Waals surface area contributed by atoms with Crippen LogP contribution in [0.25, 0.3) is 5.57 Å². The van der Waals surface area contributed by atoms with Gasteiger partial charge in [0.2, 0.25) is 0 Å². The number of rotatable bonds is 9. The van der Waals surface area contributed by atoms with Crippen LogP contribution in [0.5, 0.6) is 0 Å². The molecule has 3 heterocycles. The molecule has 1 saturated heterocycles. The topological polar surface area (TPSA) is 74.5 Å². The lowest BCUT2D eigenvalue weighted by Gasteiger charge is -2.42. The van der Waals surface area contributed by atoms with Crippen LogP contribution in [-0.4, -0.2) is 72.2 Å². The van der Waals surface area contributed by atoms with Gasteiger partial charge in [-0.25, -0.2) is 0 Å². The molecule has 1 aromatic heterocycles. The molecule has 0 spiro atoms. The van der Waals surface area contributed by atoms with E-state index < -0.39 is 24.8 Å². The number of halogens is 4. The summed E-state index contributed by atoms with van der Waals surface area (Å²) in [7, 11) is 0. The van der Waals surface area contributed by atoms with Crippen molar-refractivity contribution >= 4 is 17.5 Å². The van der Waals surface area contributed by atoms with Crippen LogP contribution in [0.4, 0.5) is 23.2 Å². The number of benzene rings is 1. The summed E-state index contributed by atoms with van der Waals surface area (Å²) in [5.74, 6) is 0. The molecule has 6 nitrogen and oxygen atoms in total. The smallest absolute Gasteiger partial charge is 0.401 e. The summed E-state index contributed by atoms with van der Waals surface area (Å²) in [6.45, 7) is 2.76. The maximum Gasteiger partial charge on any atom is 0.401 e. The van der Waals surface area contributed by atoms with Crippen molar-refractivity contribution in [3.8, 4) is 0 Å². The molecule has 3 N–H and O–H groups in total. The molecule has 0 bridgehead atoms. The summed E-state index contributed by atoms with van der Waals surface area (Å²) in [4.78, 5) is 19.5. The minimum absolute atomic E-state index is 0.232. The molecule has 1 fully saturated rings. The van der Waals surface area contributed by atoms with Gasteiger partial charge in [-0.05, 0) is 48.6 Å². The van der Waals surface area contributed by atoms with Gasteiger partial charge in [0.25, 0.3) is 0 Å². The van der Waals surface area contributed by atoms with E-state index in [2.05, 4.69) is 15.2 Å². The Bertz CT molecular complexity index is 1080. The summed E-state index contributed by atoms with van der Waals surface area (Å²) < 4.78 is 53.0. The normalized spacial score (nSPS) is 21.6. The zero-order chi connectivity index (χ0) is 25.9. The second-order valence-electron chi connectivity index (χ2n) is 9.51. The SMILES string of the molecule is C[C@@H]1Cc2cc(C(C=O)=CN)ccc2[C@@H](c2ccc(NC3CN(CCCF)C3)cn2)N1CC(F)(F)F. The van der Waals surface area contributed by atoms with Crippen molar-refractivity contribution in [1.82, 2.24) is 14.8 Å². The highest BCUT2D eigenvalue weighted by atomic mass is 19.4. The average molecular weight is 506 g/mol. The molecule has 1 aromatic carbocycles. The number of hydrogen-bond donors (Lipinski definition) is 2. The Morgan fingerprint density at radius 3 is 2.64 bits per heavy atom. The minimum Gasteiger partial charge on any atom is -0.404 e. The van der Waals surface area contributed by atoms with Gasteiger partial charge in [0, 0.05) is 37.4 Å². The molecule has 0 unspecified atom stereocenters. The fraction of sp³-hybridized carbons (Fsp3) is 0.462. The number of likely N-dealkylation sites (tertiary alicyclic amines) is 1. The van der Waals surface area contributed by atoms with E-state index in [0.29, 0.717) is 36.0 Å². The molecule has 0 radical (unpaired) electrons. The fourth-order valence-corrected chi connectivity index (χ4v) is 5.10. The first kappa shape index (κ1) is 26.1. The van der Waals surface area contributed by atoms with Crippen LogP contribution >= 0.6 is 0 Å². The zero-order valence-electron chi connectivity index (χ0n) is 20.1. The maximum absolute atomic E-state index is 13.5. The van der Waals surface area contributed by atoms with Crippen LogP contribution in [0.3, 0.4) is 0 Å². The van der Waals surface area contributed by atoms with E-state index >= 15 is 0 Å². The molecular weight excluding hydrogens is 474 g/mol. The molecule has 0 saturated carbocycles. The molecule has 0 aliphatic carbocycles. The maximum atomic E-state index is 13.5. The Morgan fingerprint density at radius 1 is 1.25 bits per heavy atom. The van der Waals surface area contributed by atoms with E-state index in [1.165, 1.54) is 11.1 Å². The van der Waals surface area contributed by atoms with E-state index in [1.54, 1.807) is 31.3 Å². The predicted octanol–water partition coefficient (Wildman–Crippen LogP) is 3.93. The number of carbonyl (C=O) groups excluding carboxylic acids is 1. The highest BCUT2D eigenvalue weighted by Crippen LogP contribution is 2.40. The number of anilines is 1. The number of nitrogens with two attached hydrogens (primary N) is 1. The van der Waals surface area contributed by atoms with Crippen LogP contribution in [0.2, 0.25) is 0 Å². The standard InChI is InChI=1S/C26H31F4N5O/c1-17-9-19-10-18(20(11-31)15-36)3-5-23(19)25(35(17)16-26(28,29)30)24-6-4-21(12-32-24)33-22-13-34(14-22)8-2-7-27/h3-6,10-12,15,17,22,25,33H,2,7-9,13-14,16,31H2,1H3/t17-,25+/m1/s1. The molecule has 194 valence electrons. The lowest BCUT2D eigenvalue weighted by Crippen LogP contribution is -2.54. The largest absolute Gasteiger partial charge is 0.404 e. The van der Waals surface area contributed by atoms with Gasteiger partial charge in [-0.15, -0.1) is 0 Å². The molecule has 4 rings (SSSR count). The first-order valence-corrected chi connectivity index (χ1v) is 12.1. The highest BCUT2D eigenvalue weighted by Gasteiger charge is 2.41. The number of fused-ring (bicyclic) bond motifs is 1. The van der Waals surface area contributed by atoms with Crippen molar-refractivity contribution in [2.24, 2.45) is 5.73 Å². The van der Waals surface area contributed by atoms with Gasteiger partial charge in [0.1, 0.15) is 0 Å². The van der Waals surface area contributed by atoms with Crippen LogP contribution in [0.15, 0.2) is 42.7 Å². The Morgan fingerprint density at radius 2 is 2.03 bits per heavy atom. The van der Waals surface area contributed by atoms with Crippen molar-refractivity contribution in [3.05, 3.63) is 65.1 Å². The number of pyridine rings is 1. The minimum atomic E-state index is -4.36. The van der Waals surface area contributed by atoms with Gasteiger partial charge in [-0.3, -0.25) is 24.0 Å². The van der Waals surface area contributed by atoms with Gasteiger partial charge in [0.15, 0.2) is 6.29 Å². The fourth-order valence-electron chi connectivity index (χ4n) is 5.10. The molecule has 2 aliphatic rings. The predicted molar refractivity (Wildman–Crippen MR) is 131 cm³/mol. The number of nitrogens with one attached hydrogen (secondary N) is 1. The molecular formula is C26H31F4N5O. The first-order chi connectivity index (χ1) is 17.2. The number of alkyl halides is 4. The molecule has 36 heavy (non-hydrogen) atoms. The molecule has 2 aliphatic heterocycles. The van der Waals surface area contributed by atoms with Crippen molar-refractivity contribution in [1.29, 1.82) is 0 Å². The summed E-state index contributed by atoms with van der Waals surface area (Å²) in [5.41, 5.74) is 9.44. The summed E-state index contributed by atoms with van der Waals surface area (Å²) >= 11 is 0. The van der Waals surface area contributed by atoms with E-state index in [0.717, 1.165) is 36.4 Å². The number of aromatic nitrogens is 1. The molecule has 0 amide bonds.